The van der Waals surface area contributed by atoms with Crippen LogP contribution in [-0.4, -0.2) is 31.8 Å². The Morgan fingerprint density at radius 1 is 1.08 bits per heavy atom. The molecule has 26 heavy (non-hydrogen) atoms. The molecule has 146 valence electrons. The predicted molar refractivity (Wildman–Crippen MR) is 78.1 cm³/mol. The van der Waals surface area contributed by atoms with Crippen LogP contribution in [0.3, 0.4) is 0 Å². The summed E-state index contributed by atoms with van der Waals surface area (Å²) in [6, 6.07) is -0.678. The summed E-state index contributed by atoms with van der Waals surface area (Å²) in [7, 11) is 1.13. The van der Waals surface area contributed by atoms with E-state index in [-0.39, 0.29) is 11.1 Å². The number of rotatable bonds is 3. The van der Waals surface area contributed by atoms with Crippen molar-refractivity contribution in [2.45, 2.75) is 26.6 Å². The summed E-state index contributed by atoms with van der Waals surface area (Å²) in [5.74, 6) is -3.04. The molecule has 0 saturated heterocycles. The minimum Gasteiger partial charge on any atom is -0.405 e. The fourth-order valence-corrected chi connectivity index (χ4v) is 2.09. The zero-order chi connectivity index (χ0) is 20.4. The van der Waals surface area contributed by atoms with Crippen molar-refractivity contribution in [1.82, 2.24) is 5.32 Å². The molecule has 0 heterocycles. The first-order chi connectivity index (χ1) is 11.7. The molecular weight excluding hydrogens is 374 g/mol. The lowest BCUT2D eigenvalue weighted by atomic mass is 10.1. The van der Waals surface area contributed by atoms with E-state index in [0.717, 1.165) is 20.9 Å². The number of nitrogens with two attached hydrogens (primary N) is 1. The van der Waals surface area contributed by atoms with Gasteiger partial charge in [0.25, 0.3) is 0 Å². The number of hydrogen-bond donors (Lipinski definition) is 3. The van der Waals surface area contributed by atoms with Gasteiger partial charge < -0.3 is 20.5 Å². The maximum atomic E-state index is 12.6. The maximum absolute atomic E-state index is 12.6. The first kappa shape index (κ1) is 21.2. The van der Waals surface area contributed by atoms with Gasteiger partial charge in [0.15, 0.2) is 0 Å². The summed E-state index contributed by atoms with van der Waals surface area (Å²) in [6.45, 7) is 2.11. The SMILES string of the molecule is CNC(=O)N(C(=N)N)c1c(C)c(OC(F)(F)F)cc(OC(F)(F)F)c1C. The van der Waals surface area contributed by atoms with Crippen LogP contribution in [0.4, 0.5) is 36.8 Å². The van der Waals surface area contributed by atoms with Crippen molar-refractivity contribution in [3.8, 4) is 11.5 Å². The number of nitrogens with one attached hydrogen (secondary N) is 2. The Balaban J connectivity index is 3.75. The largest absolute Gasteiger partial charge is 0.573 e. The Bertz CT molecular complexity index is 677. The van der Waals surface area contributed by atoms with Gasteiger partial charge in [0.05, 0.1) is 5.69 Å². The molecule has 13 heteroatoms. The number of alkyl halides is 6. The molecule has 0 spiro atoms. The molecule has 0 bridgehead atoms. The lowest BCUT2D eigenvalue weighted by Crippen LogP contribution is -2.46. The Labute approximate surface area is 143 Å². The molecule has 1 rings (SSSR count). The lowest BCUT2D eigenvalue weighted by molar-refractivity contribution is -0.276. The Morgan fingerprint density at radius 3 is 1.73 bits per heavy atom. The Hall–Kier alpha value is -2.86. The lowest BCUT2D eigenvalue weighted by Gasteiger charge is -2.27. The molecule has 0 atom stereocenters. The van der Waals surface area contributed by atoms with Gasteiger partial charge >= 0.3 is 18.8 Å². The van der Waals surface area contributed by atoms with E-state index in [9.17, 15) is 31.1 Å². The van der Waals surface area contributed by atoms with Gasteiger partial charge in [-0.3, -0.25) is 5.41 Å². The highest BCUT2D eigenvalue weighted by atomic mass is 19.4. The second-order valence-corrected chi connectivity index (χ2v) is 4.84. The molecule has 0 radical (unpaired) electrons. The van der Waals surface area contributed by atoms with E-state index >= 15 is 0 Å². The van der Waals surface area contributed by atoms with Crippen LogP contribution in [0.1, 0.15) is 11.1 Å². The number of anilines is 1. The first-order valence-corrected chi connectivity index (χ1v) is 6.69. The normalized spacial score (nSPS) is 11.7. The number of ether oxygens (including phenoxy) is 2. The number of halogens is 6. The third kappa shape index (κ3) is 5.07. The fourth-order valence-electron chi connectivity index (χ4n) is 2.09. The van der Waals surface area contributed by atoms with Crippen molar-refractivity contribution >= 4 is 17.7 Å². The van der Waals surface area contributed by atoms with E-state index in [1.807, 2.05) is 0 Å². The monoisotopic (exact) mass is 388 g/mol. The molecule has 0 aliphatic heterocycles. The highest BCUT2D eigenvalue weighted by molar-refractivity contribution is 6.15. The van der Waals surface area contributed by atoms with E-state index in [4.69, 9.17) is 11.1 Å². The zero-order valence-electron chi connectivity index (χ0n) is 13.6. The van der Waals surface area contributed by atoms with Crippen LogP contribution in [0.25, 0.3) is 0 Å². The van der Waals surface area contributed by atoms with E-state index in [1.54, 1.807) is 0 Å². The molecule has 1 aromatic carbocycles. The van der Waals surface area contributed by atoms with E-state index in [1.165, 1.54) is 0 Å². The predicted octanol–water partition coefficient (Wildman–Crippen LogP) is 3.14. The molecule has 0 unspecified atom stereocenters. The van der Waals surface area contributed by atoms with E-state index in [0.29, 0.717) is 11.0 Å². The van der Waals surface area contributed by atoms with Crippen LogP contribution in [-0.2, 0) is 0 Å². The molecule has 4 N–H and O–H groups in total. The Morgan fingerprint density at radius 2 is 1.46 bits per heavy atom. The van der Waals surface area contributed by atoms with Crippen LogP contribution >= 0.6 is 0 Å². The zero-order valence-corrected chi connectivity index (χ0v) is 13.6. The summed E-state index contributed by atoms with van der Waals surface area (Å²) in [6.07, 6.45) is -10.4. The van der Waals surface area contributed by atoms with Crippen molar-refractivity contribution in [1.29, 1.82) is 5.41 Å². The third-order valence-electron chi connectivity index (χ3n) is 3.04. The van der Waals surface area contributed by atoms with Gasteiger partial charge in [-0.05, 0) is 13.8 Å². The molecule has 0 fully saturated rings. The second kappa shape index (κ2) is 7.17. The standard InChI is InChI=1S/C13H14F6N4O3/c1-5-7(25-12(14,15)16)4-8(26-13(17,18)19)6(2)9(5)23(10(20)21)11(24)22-3/h4H,1-3H3,(H3,20,21)(H,22,24). The van der Waals surface area contributed by atoms with Crippen molar-refractivity contribution in [2.24, 2.45) is 5.73 Å². The number of carbonyl (C=O) groups excluding carboxylic acids is 1. The van der Waals surface area contributed by atoms with Gasteiger partial charge in [0.1, 0.15) is 11.5 Å². The number of guanidine groups is 1. The summed E-state index contributed by atoms with van der Waals surface area (Å²) in [5.41, 5.74) is 3.98. The highest BCUT2D eigenvalue weighted by Crippen LogP contribution is 2.42. The van der Waals surface area contributed by atoms with Gasteiger partial charge in [-0.25, -0.2) is 9.69 Å². The van der Waals surface area contributed by atoms with Crippen molar-refractivity contribution in [2.75, 3.05) is 11.9 Å². The Kier molecular flexibility index (Phi) is 5.84. The van der Waals surface area contributed by atoms with Crippen molar-refractivity contribution in [3.05, 3.63) is 17.2 Å². The van der Waals surface area contributed by atoms with Crippen molar-refractivity contribution < 1.29 is 40.6 Å². The minimum absolute atomic E-state index is 0.381. The summed E-state index contributed by atoms with van der Waals surface area (Å²) in [5, 5.41) is 9.51. The first-order valence-electron chi connectivity index (χ1n) is 6.69. The van der Waals surface area contributed by atoms with Crippen LogP contribution < -0.4 is 25.4 Å². The van der Waals surface area contributed by atoms with Crippen molar-refractivity contribution in [3.63, 3.8) is 0 Å². The van der Waals surface area contributed by atoms with Crippen LogP contribution in [0.15, 0.2) is 6.07 Å². The summed E-state index contributed by atoms with van der Waals surface area (Å²) in [4.78, 5) is 12.3. The number of nitrogens with zero attached hydrogens (tertiary/aromatic N) is 1. The van der Waals surface area contributed by atoms with Crippen LogP contribution in [0.2, 0.25) is 0 Å². The number of amides is 2. The average molecular weight is 388 g/mol. The molecule has 1 aromatic rings. The molecule has 0 aromatic heterocycles. The molecule has 0 saturated carbocycles. The van der Waals surface area contributed by atoms with Gasteiger partial charge in [0, 0.05) is 24.2 Å². The quantitative estimate of drug-likeness (QED) is 0.421. The molecule has 7 nitrogen and oxygen atoms in total. The van der Waals surface area contributed by atoms with Gasteiger partial charge in [-0.15, -0.1) is 26.3 Å². The van der Waals surface area contributed by atoms with E-state index < -0.39 is 41.9 Å². The van der Waals surface area contributed by atoms with Gasteiger partial charge in [-0.1, -0.05) is 0 Å². The van der Waals surface area contributed by atoms with E-state index in [2.05, 4.69) is 14.8 Å². The summed E-state index contributed by atoms with van der Waals surface area (Å²) >= 11 is 0. The van der Waals surface area contributed by atoms with Crippen LogP contribution in [0.5, 0.6) is 11.5 Å². The number of urea groups is 1. The molecule has 0 aliphatic rings. The van der Waals surface area contributed by atoms with Crippen LogP contribution in [0, 0.1) is 19.3 Å². The number of benzene rings is 1. The summed E-state index contributed by atoms with van der Waals surface area (Å²) < 4.78 is 82.8. The maximum Gasteiger partial charge on any atom is 0.573 e. The molecule has 0 aliphatic carbocycles. The number of hydrogen-bond acceptors (Lipinski definition) is 4. The fraction of sp³-hybridized carbons (Fsp3) is 0.385. The minimum atomic E-state index is -5.22. The highest BCUT2D eigenvalue weighted by Gasteiger charge is 2.37. The van der Waals surface area contributed by atoms with Gasteiger partial charge in [-0.2, -0.15) is 0 Å². The molecular formula is C13H14F6N4O3. The topological polar surface area (TPSA) is 101 Å². The molecule has 2 amide bonds. The van der Waals surface area contributed by atoms with Gasteiger partial charge in [0.2, 0.25) is 5.96 Å². The average Bonchev–Trinajstić information content (AvgIpc) is 2.44. The smallest absolute Gasteiger partial charge is 0.405 e. The second-order valence-electron chi connectivity index (χ2n) is 4.84. The third-order valence-corrected chi connectivity index (χ3v) is 3.04. The number of carbonyl (C=O) groups is 1.